The summed E-state index contributed by atoms with van der Waals surface area (Å²) in [7, 11) is 0. The van der Waals surface area contributed by atoms with Crippen LogP contribution in [0.3, 0.4) is 0 Å². The van der Waals surface area contributed by atoms with Crippen LogP contribution in [0, 0.1) is 0 Å². The summed E-state index contributed by atoms with van der Waals surface area (Å²) in [6, 6.07) is 6.84. The molecular weight excluding hydrogens is 228 g/mol. The van der Waals surface area contributed by atoms with Crippen molar-refractivity contribution in [2.45, 2.75) is 6.54 Å². The first-order valence-corrected chi connectivity index (χ1v) is 5.04. The van der Waals surface area contributed by atoms with Gasteiger partial charge in [0.2, 0.25) is 0 Å². The van der Waals surface area contributed by atoms with Gasteiger partial charge in [0.1, 0.15) is 12.3 Å². The molecular formula is C11H9ClN2O2. The monoisotopic (exact) mass is 236 g/mol. The molecule has 5 heteroatoms. The quantitative estimate of drug-likeness (QED) is 0.606. The average Bonchev–Trinajstić information content (AvgIpc) is 2.74. The van der Waals surface area contributed by atoms with Gasteiger partial charge >= 0.3 is 5.97 Å². The van der Waals surface area contributed by atoms with Gasteiger partial charge < -0.3 is 9.30 Å². The lowest BCUT2D eigenvalue weighted by Gasteiger charge is -2.05. The molecule has 0 aliphatic heterocycles. The first-order chi connectivity index (χ1) is 7.75. The van der Waals surface area contributed by atoms with Crippen molar-refractivity contribution >= 4 is 17.6 Å². The van der Waals surface area contributed by atoms with Crippen LogP contribution in [-0.2, 0) is 11.3 Å². The van der Waals surface area contributed by atoms with Crippen molar-refractivity contribution in [2.24, 2.45) is 0 Å². The molecule has 0 radical (unpaired) electrons. The second-order valence-electron chi connectivity index (χ2n) is 3.14. The van der Waals surface area contributed by atoms with Crippen LogP contribution in [0.4, 0.5) is 0 Å². The maximum atomic E-state index is 11.5. The molecule has 0 aliphatic rings. The van der Waals surface area contributed by atoms with Crippen molar-refractivity contribution in [2.75, 3.05) is 0 Å². The molecule has 2 aromatic rings. The van der Waals surface area contributed by atoms with Gasteiger partial charge in [-0.3, -0.25) is 0 Å². The van der Waals surface area contributed by atoms with Crippen LogP contribution < -0.4 is 4.74 Å². The Kier molecular flexibility index (Phi) is 3.22. The normalized spacial score (nSPS) is 10.1. The molecule has 0 saturated carbocycles. The highest BCUT2D eigenvalue weighted by Gasteiger charge is 2.07. The second-order valence-corrected chi connectivity index (χ2v) is 3.55. The molecule has 0 aliphatic carbocycles. The Hall–Kier alpha value is -1.81. The number of carbonyl (C=O) groups excluding carboxylic acids is 1. The predicted molar refractivity (Wildman–Crippen MR) is 59.3 cm³/mol. The Morgan fingerprint density at radius 3 is 2.94 bits per heavy atom. The fourth-order valence-corrected chi connectivity index (χ4v) is 1.39. The van der Waals surface area contributed by atoms with Gasteiger partial charge in [0.05, 0.1) is 11.3 Å². The van der Waals surface area contributed by atoms with E-state index in [0.717, 1.165) is 0 Å². The molecule has 16 heavy (non-hydrogen) atoms. The summed E-state index contributed by atoms with van der Waals surface area (Å²) in [5.74, 6) is -0.0135. The Balaban J connectivity index is 2.00. The summed E-state index contributed by atoms with van der Waals surface area (Å²) in [4.78, 5) is 15.3. The van der Waals surface area contributed by atoms with Gasteiger partial charge in [-0.2, -0.15) is 0 Å². The van der Waals surface area contributed by atoms with Gasteiger partial charge in [0, 0.05) is 12.4 Å². The van der Waals surface area contributed by atoms with Crippen molar-refractivity contribution in [1.29, 1.82) is 0 Å². The predicted octanol–water partition coefficient (Wildman–Crippen LogP) is 2.14. The Morgan fingerprint density at radius 1 is 1.44 bits per heavy atom. The van der Waals surface area contributed by atoms with Crippen molar-refractivity contribution in [3.05, 3.63) is 48.0 Å². The molecule has 0 atom stereocenters. The van der Waals surface area contributed by atoms with Crippen molar-refractivity contribution < 1.29 is 9.53 Å². The zero-order chi connectivity index (χ0) is 11.4. The number of carbonyl (C=O) groups is 1. The summed E-state index contributed by atoms with van der Waals surface area (Å²) in [6.07, 6.45) is 4.84. The number of esters is 1. The molecule has 0 unspecified atom stereocenters. The molecule has 1 aromatic carbocycles. The van der Waals surface area contributed by atoms with E-state index in [2.05, 4.69) is 4.98 Å². The van der Waals surface area contributed by atoms with Crippen LogP contribution >= 0.6 is 11.6 Å². The third-order valence-electron chi connectivity index (χ3n) is 1.93. The van der Waals surface area contributed by atoms with E-state index in [4.69, 9.17) is 16.3 Å². The molecule has 0 N–H and O–H groups in total. The van der Waals surface area contributed by atoms with Gasteiger partial charge in [-0.1, -0.05) is 23.7 Å². The van der Waals surface area contributed by atoms with E-state index in [-0.39, 0.29) is 12.5 Å². The lowest BCUT2D eigenvalue weighted by atomic mass is 10.3. The number of aromatic nitrogens is 2. The molecule has 0 saturated heterocycles. The maximum absolute atomic E-state index is 11.5. The van der Waals surface area contributed by atoms with Crippen LogP contribution in [0.25, 0.3) is 0 Å². The summed E-state index contributed by atoms with van der Waals surface area (Å²) in [6.45, 7) is 0.116. The number of imidazole rings is 1. The van der Waals surface area contributed by atoms with Crippen LogP contribution in [0.5, 0.6) is 5.75 Å². The molecule has 2 rings (SSSR count). The first kappa shape index (κ1) is 10.7. The van der Waals surface area contributed by atoms with Crippen molar-refractivity contribution in [3.63, 3.8) is 0 Å². The largest absolute Gasteiger partial charge is 0.424 e. The van der Waals surface area contributed by atoms with Crippen LogP contribution in [0.1, 0.15) is 0 Å². The average molecular weight is 237 g/mol. The number of halogens is 1. The maximum Gasteiger partial charge on any atom is 0.331 e. The summed E-state index contributed by atoms with van der Waals surface area (Å²) in [5, 5.41) is 0.418. The molecule has 0 spiro atoms. The molecule has 0 bridgehead atoms. The minimum atomic E-state index is -0.383. The van der Waals surface area contributed by atoms with Gasteiger partial charge in [0.15, 0.2) is 0 Å². The van der Waals surface area contributed by atoms with Gasteiger partial charge in [-0.15, -0.1) is 0 Å². The summed E-state index contributed by atoms with van der Waals surface area (Å²) < 4.78 is 6.72. The Bertz CT molecular complexity index is 482. The molecule has 1 heterocycles. The molecule has 4 nitrogen and oxygen atoms in total. The summed E-state index contributed by atoms with van der Waals surface area (Å²) in [5.41, 5.74) is 0. The number of hydrogen-bond acceptors (Lipinski definition) is 3. The topological polar surface area (TPSA) is 44.1 Å². The lowest BCUT2D eigenvalue weighted by molar-refractivity contribution is -0.135. The van der Waals surface area contributed by atoms with Crippen LogP contribution in [0.2, 0.25) is 5.02 Å². The Morgan fingerprint density at radius 2 is 2.25 bits per heavy atom. The molecule has 0 fully saturated rings. The zero-order valence-corrected chi connectivity index (χ0v) is 9.09. The highest BCUT2D eigenvalue weighted by atomic mass is 35.5. The number of para-hydroxylation sites is 1. The summed E-state index contributed by atoms with van der Waals surface area (Å²) >= 11 is 5.85. The smallest absolute Gasteiger partial charge is 0.331 e. The van der Waals surface area contributed by atoms with Crippen LogP contribution in [-0.4, -0.2) is 15.5 Å². The van der Waals surface area contributed by atoms with Gasteiger partial charge in [-0.25, -0.2) is 9.78 Å². The minimum absolute atomic E-state index is 0.116. The number of benzene rings is 1. The SMILES string of the molecule is O=C(Cn1ccnc1)Oc1ccccc1Cl. The first-order valence-electron chi connectivity index (χ1n) is 4.66. The minimum Gasteiger partial charge on any atom is -0.424 e. The van der Waals surface area contributed by atoms with Gasteiger partial charge in [-0.05, 0) is 12.1 Å². The highest BCUT2D eigenvalue weighted by molar-refractivity contribution is 6.32. The highest BCUT2D eigenvalue weighted by Crippen LogP contribution is 2.23. The van der Waals surface area contributed by atoms with E-state index in [9.17, 15) is 4.79 Å². The van der Waals surface area contributed by atoms with E-state index in [1.54, 1.807) is 47.6 Å². The number of rotatable bonds is 3. The molecule has 1 aromatic heterocycles. The zero-order valence-electron chi connectivity index (χ0n) is 8.34. The Labute approximate surface area is 97.4 Å². The van der Waals surface area contributed by atoms with Crippen molar-refractivity contribution in [3.8, 4) is 5.75 Å². The van der Waals surface area contributed by atoms with Crippen LogP contribution in [0.15, 0.2) is 43.0 Å². The lowest BCUT2D eigenvalue weighted by Crippen LogP contribution is -2.15. The fraction of sp³-hybridized carbons (Fsp3) is 0.0909. The van der Waals surface area contributed by atoms with E-state index >= 15 is 0 Å². The van der Waals surface area contributed by atoms with Crippen molar-refractivity contribution in [1.82, 2.24) is 9.55 Å². The second kappa shape index (κ2) is 4.81. The van der Waals surface area contributed by atoms with E-state index < -0.39 is 0 Å². The number of ether oxygens (including phenoxy) is 1. The van der Waals surface area contributed by atoms with Gasteiger partial charge in [0.25, 0.3) is 0 Å². The number of nitrogens with zero attached hydrogens (tertiary/aromatic N) is 2. The number of hydrogen-bond donors (Lipinski definition) is 0. The third kappa shape index (κ3) is 2.61. The molecule has 82 valence electrons. The third-order valence-corrected chi connectivity index (χ3v) is 2.24. The van der Waals surface area contributed by atoms with E-state index in [0.29, 0.717) is 10.8 Å². The molecule has 0 amide bonds. The van der Waals surface area contributed by atoms with E-state index in [1.807, 2.05) is 0 Å². The fourth-order valence-electron chi connectivity index (χ4n) is 1.21. The standard InChI is InChI=1S/C11H9ClN2O2/c12-9-3-1-2-4-10(9)16-11(15)7-14-6-5-13-8-14/h1-6,8H,7H2. The van der Waals surface area contributed by atoms with E-state index in [1.165, 1.54) is 0 Å².